The van der Waals surface area contributed by atoms with Crippen molar-refractivity contribution in [2.45, 2.75) is 50.5 Å². The lowest BCUT2D eigenvalue weighted by atomic mass is 9.92. The number of aliphatic hydroxyl groups excluding tert-OH is 1. The van der Waals surface area contributed by atoms with Crippen LogP contribution in [0.15, 0.2) is 61.3 Å². The highest BCUT2D eigenvalue weighted by molar-refractivity contribution is 5.83. The van der Waals surface area contributed by atoms with Crippen molar-refractivity contribution in [3.8, 4) is 11.6 Å². The zero-order valence-corrected chi connectivity index (χ0v) is 17.8. The van der Waals surface area contributed by atoms with Gasteiger partial charge in [-0.3, -0.25) is 9.36 Å². The van der Waals surface area contributed by atoms with Gasteiger partial charge in [-0.15, -0.1) is 0 Å². The summed E-state index contributed by atoms with van der Waals surface area (Å²) in [6.07, 6.45) is 9.56. The van der Waals surface area contributed by atoms with E-state index in [1.807, 2.05) is 53.4 Å². The minimum atomic E-state index is -0.641. The number of imidazole rings is 1. The third-order valence-corrected chi connectivity index (χ3v) is 6.16. The molecule has 2 aromatic heterocycles. The van der Waals surface area contributed by atoms with E-state index in [0.29, 0.717) is 18.8 Å². The predicted molar refractivity (Wildman–Crippen MR) is 120 cm³/mol. The zero-order chi connectivity index (χ0) is 21.9. The van der Waals surface area contributed by atoms with E-state index in [9.17, 15) is 9.90 Å². The van der Waals surface area contributed by atoms with E-state index in [2.05, 4.69) is 20.2 Å². The van der Waals surface area contributed by atoms with E-state index in [1.165, 1.54) is 0 Å². The van der Waals surface area contributed by atoms with Crippen LogP contribution in [0.1, 0.15) is 31.2 Å². The number of anilines is 1. The van der Waals surface area contributed by atoms with Crippen LogP contribution in [0.5, 0.6) is 5.75 Å². The van der Waals surface area contributed by atoms with Gasteiger partial charge in [-0.25, -0.2) is 9.97 Å². The average Bonchev–Trinajstić information content (AvgIpc) is 3.36. The number of para-hydroxylation sites is 2. The summed E-state index contributed by atoms with van der Waals surface area (Å²) in [5, 5.41) is 13.2. The lowest BCUT2D eigenvalue weighted by Crippen LogP contribution is -2.54. The maximum Gasteiger partial charge on any atom is 0.263 e. The molecule has 1 aliphatic heterocycles. The van der Waals surface area contributed by atoms with Crippen molar-refractivity contribution in [3.63, 3.8) is 0 Å². The number of nitrogens with one attached hydrogen (secondary N) is 1. The SMILES string of the molecule is O=C(N[C@H]1CCCC[C@@H]1O)C1CN(Cc2ccc(-n3ccnc3)nc2)c2ccccc2O1. The first kappa shape index (κ1) is 20.5. The van der Waals surface area contributed by atoms with E-state index in [-0.39, 0.29) is 11.9 Å². The van der Waals surface area contributed by atoms with Gasteiger partial charge in [0.15, 0.2) is 6.10 Å². The van der Waals surface area contributed by atoms with Crippen molar-refractivity contribution in [3.05, 3.63) is 66.9 Å². The molecule has 166 valence electrons. The van der Waals surface area contributed by atoms with Crippen molar-refractivity contribution < 1.29 is 14.6 Å². The van der Waals surface area contributed by atoms with Gasteiger partial charge in [0.25, 0.3) is 5.91 Å². The molecular formula is C24H27N5O3. The van der Waals surface area contributed by atoms with E-state index < -0.39 is 12.2 Å². The van der Waals surface area contributed by atoms with Crippen LogP contribution < -0.4 is 15.0 Å². The molecule has 3 heterocycles. The number of aromatic nitrogens is 3. The Labute approximate surface area is 186 Å². The summed E-state index contributed by atoms with van der Waals surface area (Å²) in [5.41, 5.74) is 1.99. The summed E-state index contributed by atoms with van der Waals surface area (Å²) >= 11 is 0. The van der Waals surface area contributed by atoms with E-state index in [1.54, 1.807) is 12.5 Å². The molecule has 3 atom stereocenters. The van der Waals surface area contributed by atoms with Gasteiger partial charge in [-0.1, -0.05) is 31.0 Å². The molecule has 1 aromatic carbocycles. The number of hydrogen-bond acceptors (Lipinski definition) is 6. The molecule has 1 amide bonds. The van der Waals surface area contributed by atoms with Gasteiger partial charge < -0.3 is 20.1 Å². The molecule has 0 bridgehead atoms. The number of ether oxygens (including phenoxy) is 1. The maximum atomic E-state index is 13.0. The lowest BCUT2D eigenvalue weighted by molar-refractivity contribution is -0.129. The molecule has 1 saturated carbocycles. The third kappa shape index (κ3) is 4.31. The fourth-order valence-corrected chi connectivity index (χ4v) is 4.43. The molecule has 0 radical (unpaired) electrons. The van der Waals surface area contributed by atoms with Crippen LogP contribution in [0.25, 0.3) is 5.82 Å². The number of fused-ring (bicyclic) bond motifs is 1. The predicted octanol–water partition coefficient (Wildman–Crippen LogP) is 2.45. The smallest absolute Gasteiger partial charge is 0.263 e. The van der Waals surface area contributed by atoms with Crippen LogP contribution in [0.4, 0.5) is 5.69 Å². The molecule has 2 aliphatic rings. The zero-order valence-electron chi connectivity index (χ0n) is 17.8. The molecule has 3 aromatic rings. The van der Waals surface area contributed by atoms with Crippen molar-refractivity contribution in [1.82, 2.24) is 19.9 Å². The Hall–Kier alpha value is -3.39. The van der Waals surface area contributed by atoms with Crippen molar-refractivity contribution in [2.75, 3.05) is 11.4 Å². The first-order valence-electron chi connectivity index (χ1n) is 11.1. The third-order valence-electron chi connectivity index (χ3n) is 6.16. The largest absolute Gasteiger partial charge is 0.477 e. The molecule has 0 saturated heterocycles. The molecule has 5 rings (SSSR count). The van der Waals surface area contributed by atoms with E-state index in [4.69, 9.17) is 4.74 Å². The highest BCUT2D eigenvalue weighted by Gasteiger charge is 2.33. The standard InChI is InChI=1S/C24H27N5O3/c30-20-7-3-1-5-18(20)27-24(31)22-15-29(19-6-2-4-8-21(19)32-22)14-17-9-10-23(26-13-17)28-12-11-25-16-28/h2,4,6,8-13,16,18,20,22,30H,1,3,5,7,14-15H2,(H,27,31)/t18-,20-,22?/m0/s1. The number of carbonyl (C=O) groups excluding carboxylic acids is 1. The summed E-state index contributed by atoms with van der Waals surface area (Å²) in [6.45, 7) is 1.03. The van der Waals surface area contributed by atoms with Crippen molar-refractivity contribution in [1.29, 1.82) is 0 Å². The van der Waals surface area contributed by atoms with Crippen molar-refractivity contribution >= 4 is 11.6 Å². The van der Waals surface area contributed by atoms with E-state index >= 15 is 0 Å². The second-order valence-corrected chi connectivity index (χ2v) is 8.42. The Morgan fingerprint density at radius 1 is 1.19 bits per heavy atom. The number of carbonyl (C=O) groups is 1. The van der Waals surface area contributed by atoms with Gasteiger partial charge in [0.2, 0.25) is 0 Å². The Balaban J connectivity index is 1.31. The first-order valence-corrected chi connectivity index (χ1v) is 11.1. The topological polar surface area (TPSA) is 92.5 Å². The van der Waals surface area contributed by atoms with Gasteiger partial charge in [0.1, 0.15) is 17.9 Å². The first-order chi connectivity index (χ1) is 15.7. The van der Waals surface area contributed by atoms with Crippen LogP contribution in [0.2, 0.25) is 0 Å². The van der Waals surface area contributed by atoms with Crippen LogP contribution >= 0.6 is 0 Å². The fraction of sp³-hybridized carbons (Fsp3) is 0.375. The van der Waals surface area contributed by atoms with Gasteiger partial charge in [-0.05, 0) is 36.6 Å². The number of pyridine rings is 1. The Kier molecular flexibility index (Phi) is 5.77. The van der Waals surface area contributed by atoms with Gasteiger partial charge in [0.05, 0.1) is 24.4 Å². The maximum absolute atomic E-state index is 13.0. The van der Waals surface area contributed by atoms with Crippen LogP contribution in [-0.2, 0) is 11.3 Å². The minimum Gasteiger partial charge on any atom is -0.477 e. The second-order valence-electron chi connectivity index (χ2n) is 8.42. The summed E-state index contributed by atoms with van der Waals surface area (Å²) in [7, 11) is 0. The minimum absolute atomic E-state index is 0.177. The molecule has 1 unspecified atom stereocenters. The Morgan fingerprint density at radius 2 is 2.06 bits per heavy atom. The van der Waals surface area contributed by atoms with Gasteiger partial charge in [0, 0.05) is 25.1 Å². The summed E-state index contributed by atoms with van der Waals surface area (Å²) in [4.78, 5) is 23.7. The molecule has 1 fully saturated rings. The quantitative estimate of drug-likeness (QED) is 0.642. The number of amides is 1. The van der Waals surface area contributed by atoms with Gasteiger partial charge in [-0.2, -0.15) is 0 Å². The highest BCUT2D eigenvalue weighted by Crippen LogP contribution is 2.34. The molecule has 2 N–H and O–H groups in total. The second kappa shape index (κ2) is 9.00. The number of aliphatic hydroxyl groups is 1. The molecule has 8 heteroatoms. The fourth-order valence-electron chi connectivity index (χ4n) is 4.43. The molecule has 8 nitrogen and oxygen atoms in total. The van der Waals surface area contributed by atoms with Crippen LogP contribution in [0, 0.1) is 0 Å². The Morgan fingerprint density at radius 3 is 2.84 bits per heavy atom. The Bertz CT molecular complexity index is 1050. The van der Waals surface area contributed by atoms with Crippen LogP contribution in [-0.4, -0.2) is 50.3 Å². The van der Waals surface area contributed by atoms with Crippen molar-refractivity contribution in [2.24, 2.45) is 0 Å². The molecular weight excluding hydrogens is 406 g/mol. The molecule has 0 spiro atoms. The average molecular weight is 434 g/mol. The summed E-state index contributed by atoms with van der Waals surface area (Å²) in [5.74, 6) is 1.31. The normalized spacial score (nSPS) is 22.7. The number of hydrogen-bond donors (Lipinski definition) is 2. The number of nitrogens with zero attached hydrogens (tertiary/aromatic N) is 4. The number of rotatable bonds is 5. The van der Waals surface area contributed by atoms with Crippen LogP contribution in [0.3, 0.4) is 0 Å². The van der Waals surface area contributed by atoms with E-state index in [0.717, 1.165) is 42.8 Å². The molecule has 1 aliphatic carbocycles. The monoisotopic (exact) mass is 433 g/mol. The number of benzene rings is 1. The van der Waals surface area contributed by atoms with Gasteiger partial charge >= 0.3 is 0 Å². The highest BCUT2D eigenvalue weighted by atomic mass is 16.5. The summed E-state index contributed by atoms with van der Waals surface area (Å²) in [6, 6.07) is 11.5. The lowest BCUT2D eigenvalue weighted by Gasteiger charge is -2.37. The summed E-state index contributed by atoms with van der Waals surface area (Å²) < 4.78 is 7.90. The molecule has 32 heavy (non-hydrogen) atoms.